The fourth-order valence-corrected chi connectivity index (χ4v) is 2.60. The molecular formula is C16H15ClF2N4O2. The maximum Gasteiger partial charge on any atom is 0.436 e. The number of ether oxygens (including phenoxy) is 1. The highest BCUT2D eigenvalue weighted by Crippen LogP contribution is 2.47. The Morgan fingerprint density at radius 3 is 2.68 bits per heavy atom. The quantitative estimate of drug-likeness (QED) is 0.640. The summed E-state index contributed by atoms with van der Waals surface area (Å²) in [5.41, 5.74) is 7.43. The highest BCUT2D eigenvalue weighted by atomic mass is 35.5. The first-order chi connectivity index (χ1) is 12.0. The van der Waals surface area contributed by atoms with Gasteiger partial charge in [0, 0.05) is 10.9 Å². The van der Waals surface area contributed by atoms with E-state index in [1.807, 2.05) is 0 Å². The summed E-state index contributed by atoms with van der Waals surface area (Å²) < 4.78 is 30.1. The average Bonchev–Trinajstić information content (AvgIpc) is 3.36. The fourth-order valence-electron chi connectivity index (χ4n) is 2.47. The number of aromatic nitrogens is 2. The minimum Gasteiger partial charge on any atom is -0.442 e. The van der Waals surface area contributed by atoms with Crippen LogP contribution in [0.25, 0.3) is 11.1 Å². The Bertz CT molecular complexity index is 801. The summed E-state index contributed by atoms with van der Waals surface area (Å²) in [6, 6.07) is 6.96. The summed E-state index contributed by atoms with van der Waals surface area (Å²) in [7, 11) is 0. The van der Waals surface area contributed by atoms with E-state index in [1.165, 1.54) is 0 Å². The number of carbonyl (C=O) groups excluding carboxylic acids is 1. The van der Waals surface area contributed by atoms with E-state index in [9.17, 15) is 13.6 Å². The Balaban J connectivity index is 2.08. The third kappa shape index (κ3) is 3.79. The molecule has 0 amide bonds. The van der Waals surface area contributed by atoms with Crippen LogP contribution in [0.15, 0.2) is 29.3 Å². The molecule has 9 heteroatoms. The van der Waals surface area contributed by atoms with Gasteiger partial charge in [0.1, 0.15) is 0 Å². The van der Waals surface area contributed by atoms with Crippen LogP contribution in [0, 0.1) is 0 Å². The minimum atomic E-state index is -2.76. The van der Waals surface area contributed by atoms with Crippen LogP contribution in [0.3, 0.4) is 0 Å². The first-order valence-corrected chi connectivity index (χ1v) is 7.97. The lowest BCUT2D eigenvalue weighted by atomic mass is 10.0. The number of carbonyl (C=O) groups is 1. The van der Waals surface area contributed by atoms with Crippen LogP contribution in [-0.2, 0) is 4.74 Å². The summed E-state index contributed by atoms with van der Waals surface area (Å²) >= 11 is 5.93. The Kier molecular flexibility index (Phi) is 4.98. The van der Waals surface area contributed by atoms with Crippen molar-refractivity contribution < 1.29 is 18.3 Å². The lowest BCUT2D eigenvalue weighted by molar-refractivity contribution is 0.0484. The van der Waals surface area contributed by atoms with E-state index >= 15 is 0 Å². The molecule has 3 rings (SSSR count). The first-order valence-electron chi connectivity index (χ1n) is 7.59. The predicted molar refractivity (Wildman–Crippen MR) is 89.7 cm³/mol. The van der Waals surface area contributed by atoms with Gasteiger partial charge in [0.15, 0.2) is 12.4 Å². The van der Waals surface area contributed by atoms with Gasteiger partial charge >= 0.3 is 6.09 Å². The van der Waals surface area contributed by atoms with Crippen molar-refractivity contribution >= 4 is 29.9 Å². The molecule has 1 aromatic carbocycles. The molecule has 25 heavy (non-hydrogen) atoms. The molecule has 0 spiro atoms. The Hall–Kier alpha value is -2.48. The van der Waals surface area contributed by atoms with Gasteiger partial charge in [-0.3, -0.25) is 0 Å². The summed E-state index contributed by atoms with van der Waals surface area (Å²) in [6.45, 7) is -1.01. The lowest BCUT2D eigenvalue weighted by Crippen LogP contribution is -2.18. The van der Waals surface area contributed by atoms with E-state index in [0.717, 1.165) is 29.4 Å². The molecule has 1 aliphatic rings. The van der Waals surface area contributed by atoms with E-state index in [1.54, 1.807) is 24.3 Å². The van der Waals surface area contributed by atoms with Gasteiger partial charge in [0.25, 0.3) is 6.43 Å². The molecule has 1 aliphatic carbocycles. The number of hydrogen-bond acceptors (Lipinski definition) is 4. The van der Waals surface area contributed by atoms with Crippen LogP contribution in [-0.4, -0.2) is 35.2 Å². The molecule has 0 radical (unpaired) electrons. The van der Waals surface area contributed by atoms with Crippen LogP contribution in [0.2, 0.25) is 5.02 Å². The zero-order valence-electron chi connectivity index (χ0n) is 13.0. The fraction of sp³-hybridized carbons (Fsp3) is 0.312. The molecule has 2 aromatic rings. The second-order valence-electron chi connectivity index (χ2n) is 5.52. The van der Waals surface area contributed by atoms with Crippen molar-refractivity contribution in [2.24, 2.45) is 10.7 Å². The Labute approximate surface area is 147 Å². The SMILES string of the molecule is N/C=N\c1c(-c2ccc(Cl)cc2)c(C2CC2)nn1C(=O)OCC(F)F. The van der Waals surface area contributed by atoms with Gasteiger partial charge < -0.3 is 10.5 Å². The third-order valence-electron chi connectivity index (χ3n) is 3.69. The topological polar surface area (TPSA) is 82.5 Å². The second kappa shape index (κ2) is 7.18. The van der Waals surface area contributed by atoms with Crippen LogP contribution < -0.4 is 5.73 Å². The maximum absolute atomic E-state index is 12.3. The van der Waals surface area contributed by atoms with Crippen molar-refractivity contribution in [3.05, 3.63) is 35.0 Å². The molecule has 0 saturated heterocycles. The normalized spacial score (nSPS) is 14.4. The third-order valence-corrected chi connectivity index (χ3v) is 3.94. The molecule has 0 atom stereocenters. The number of alkyl halides is 2. The van der Waals surface area contributed by atoms with E-state index in [-0.39, 0.29) is 11.7 Å². The summed E-state index contributed by atoms with van der Waals surface area (Å²) in [5, 5.41) is 4.82. The highest BCUT2D eigenvalue weighted by Gasteiger charge is 2.34. The second-order valence-corrected chi connectivity index (χ2v) is 5.96. The number of rotatable bonds is 5. The number of nitrogens with two attached hydrogens (primary N) is 1. The number of halogens is 3. The number of benzene rings is 1. The summed E-state index contributed by atoms with van der Waals surface area (Å²) in [5.74, 6) is 0.326. The zero-order chi connectivity index (χ0) is 18.0. The van der Waals surface area contributed by atoms with Gasteiger partial charge in [-0.15, -0.1) is 4.68 Å². The van der Waals surface area contributed by atoms with E-state index in [4.69, 9.17) is 17.3 Å². The van der Waals surface area contributed by atoms with Crippen LogP contribution in [0.1, 0.15) is 24.5 Å². The standard InChI is InChI=1S/C16H15ClF2N4O2/c17-11-5-3-9(4-6-11)13-14(10-1-2-10)22-23(15(13)21-8-20)16(24)25-7-12(18)19/h3-6,8,10,12H,1-2,7H2,(H2,20,21). The largest absolute Gasteiger partial charge is 0.442 e. The van der Waals surface area contributed by atoms with Crippen molar-refractivity contribution in [1.29, 1.82) is 0 Å². The van der Waals surface area contributed by atoms with E-state index in [2.05, 4.69) is 14.8 Å². The van der Waals surface area contributed by atoms with Crippen LogP contribution >= 0.6 is 11.6 Å². The molecule has 132 valence electrons. The van der Waals surface area contributed by atoms with Gasteiger partial charge in [0.2, 0.25) is 0 Å². The van der Waals surface area contributed by atoms with Gasteiger partial charge in [-0.25, -0.2) is 18.6 Å². The van der Waals surface area contributed by atoms with Crippen molar-refractivity contribution in [1.82, 2.24) is 9.78 Å². The molecule has 0 aliphatic heterocycles. The molecule has 2 N–H and O–H groups in total. The lowest BCUT2D eigenvalue weighted by Gasteiger charge is -2.06. The molecule has 1 aromatic heterocycles. The van der Waals surface area contributed by atoms with Crippen molar-refractivity contribution in [2.45, 2.75) is 25.2 Å². The smallest absolute Gasteiger partial charge is 0.436 e. The molecule has 1 heterocycles. The number of nitrogens with zero attached hydrogens (tertiary/aromatic N) is 3. The van der Waals surface area contributed by atoms with Gasteiger partial charge in [-0.1, -0.05) is 23.7 Å². The Morgan fingerprint density at radius 2 is 2.12 bits per heavy atom. The maximum atomic E-state index is 12.3. The van der Waals surface area contributed by atoms with Crippen LogP contribution in [0.5, 0.6) is 0 Å². The number of hydrogen-bond donors (Lipinski definition) is 1. The zero-order valence-corrected chi connectivity index (χ0v) is 13.8. The number of aliphatic imine (C=N–C) groups is 1. The molecule has 0 unspecified atom stereocenters. The van der Waals surface area contributed by atoms with Gasteiger partial charge in [0.05, 0.1) is 17.6 Å². The van der Waals surface area contributed by atoms with Gasteiger partial charge in [-0.05, 0) is 30.5 Å². The predicted octanol–water partition coefficient (Wildman–Crippen LogP) is 3.95. The summed E-state index contributed by atoms with van der Waals surface area (Å²) in [6.07, 6.45) is -0.919. The van der Waals surface area contributed by atoms with Crippen molar-refractivity contribution in [3.8, 4) is 11.1 Å². The molecule has 1 fully saturated rings. The minimum absolute atomic E-state index is 0.144. The molecule has 0 bridgehead atoms. The molecular weight excluding hydrogens is 354 g/mol. The van der Waals surface area contributed by atoms with Crippen LogP contribution in [0.4, 0.5) is 19.4 Å². The van der Waals surface area contributed by atoms with E-state index in [0.29, 0.717) is 16.3 Å². The Morgan fingerprint density at radius 1 is 1.44 bits per heavy atom. The monoisotopic (exact) mass is 368 g/mol. The van der Waals surface area contributed by atoms with E-state index < -0.39 is 19.1 Å². The summed E-state index contributed by atoms with van der Waals surface area (Å²) in [4.78, 5) is 16.2. The van der Waals surface area contributed by atoms with Gasteiger partial charge in [-0.2, -0.15) is 5.10 Å². The highest BCUT2D eigenvalue weighted by molar-refractivity contribution is 6.30. The molecule has 6 nitrogen and oxygen atoms in total. The molecule has 1 saturated carbocycles. The van der Waals surface area contributed by atoms with Crippen molar-refractivity contribution in [2.75, 3.05) is 6.61 Å². The average molecular weight is 369 g/mol. The first kappa shape index (κ1) is 17.3. The van der Waals surface area contributed by atoms with Crippen molar-refractivity contribution in [3.63, 3.8) is 0 Å².